The number of hydrogen-bond acceptors (Lipinski definition) is 2. The van der Waals surface area contributed by atoms with Crippen LogP contribution in [0.3, 0.4) is 0 Å². The lowest BCUT2D eigenvalue weighted by atomic mass is 10.5. The van der Waals surface area contributed by atoms with Crippen molar-refractivity contribution in [2.75, 3.05) is 0 Å². The SMILES string of the molecule is C=[SH]c1nccnc1C. The minimum absolute atomic E-state index is 0.939. The van der Waals surface area contributed by atoms with Crippen molar-refractivity contribution < 1.29 is 0 Å². The molecule has 0 aliphatic heterocycles. The summed E-state index contributed by atoms with van der Waals surface area (Å²) in [6.45, 7) is 1.93. The maximum absolute atomic E-state index is 4.06. The van der Waals surface area contributed by atoms with Gasteiger partial charge in [0.05, 0.1) is 5.69 Å². The van der Waals surface area contributed by atoms with Gasteiger partial charge in [-0.1, -0.05) is 5.87 Å². The van der Waals surface area contributed by atoms with Crippen LogP contribution in [-0.4, -0.2) is 15.8 Å². The Hall–Kier alpha value is -0.700. The van der Waals surface area contributed by atoms with Crippen LogP contribution < -0.4 is 0 Å². The fourth-order valence-corrected chi connectivity index (χ4v) is 0.990. The van der Waals surface area contributed by atoms with Crippen molar-refractivity contribution in [2.24, 2.45) is 0 Å². The Morgan fingerprint density at radius 1 is 1.44 bits per heavy atom. The van der Waals surface area contributed by atoms with Crippen LogP contribution in [0.1, 0.15) is 5.69 Å². The van der Waals surface area contributed by atoms with E-state index in [2.05, 4.69) is 15.8 Å². The van der Waals surface area contributed by atoms with Crippen molar-refractivity contribution in [3.05, 3.63) is 18.1 Å². The summed E-state index contributed by atoms with van der Waals surface area (Å²) in [6, 6.07) is 0. The maximum Gasteiger partial charge on any atom is 0.108 e. The van der Waals surface area contributed by atoms with Crippen LogP contribution in [0.2, 0.25) is 0 Å². The largest absolute Gasteiger partial charge is 0.257 e. The van der Waals surface area contributed by atoms with Gasteiger partial charge in [-0.05, 0) is 6.92 Å². The molecule has 0 unspecified atom stereocenters. The van der Waals surface area contributed by atoms with E-state index >= 15 is 0 Å². The van der Waals surface area contributed by atoms with Gasteiger partial charge in [-0.15, -0.1) is 0 Å². The minimum atomic E-state index is 0.939. The van der Waals surface area contributed by atoms with Crippen molar-refractivity contribution in [3.8, 4) is 0 Å². The number of rotatable bonds is 1. The van der Waals surface area contributed by atoms with E-state index in [0.29, 0.717) is 0 Å². The average Bonchev–Trinajstić information content (AvgIpc) is 1.89. The normalized spacial score (nSPS) is 9.44. The summed E-state index contributed by atoms with van der Waals surface area (Å²) in [5, 5.41) is 0.956. The van der Waals surface area contributed by atoms with Crippen molar-refractivity contribution in [1.29, 1.82) is 0 Å². The van der Waals surface area contributed by atoms with Gasteiger partial charge in [0.15, 0.2) is 0 Å². The van der Waals surface area contributed by atoms with Gasteiger partial charge in [0, 0.05) is 12.4 Å². The van der Waals surface area contributed by atoms with Gasteiger partial charge in [0.1, 0.15) is 5.03 Å². The zero-order chi connectivity index (χ0) is 6.69. The van der Waals surface area contributed by atoms with Crippen molar-refractivity contribution >= 4 is 17.2 Å². The van der Waals surface area contributed by atoms with E-state index in [1.807, 2.05) is 6.92 Å². The molecule has 1 rings (SSSR count). The smallest absolute Gasteiger partial charge is 0.108 e. The lowest BCUT2D eigenvalue weighted by Gasteiger charge is -1.93. The van der Waals surface area contributed by atoms with Crippen LogP contribution in [0.25, 0.3) is 0 Å². The van der Waals surface area contributed by atoms with Crippen molar-refractivity contribution in [2.45, 2.75) is 11.9 Å². The molecule has 1 heterocycles. The van der Waals surface area contributed by atoms with Crippen LogP contribution >= 0.6 is 11.4 Å². The van der Waals surface area contributed by atoms with Gasteiger partial charge < -0.3 is 0 Å². The van der Waals surface area contributed by atoms with Gasteiger partial charge >= 0.3 is 0 Å². The minimum Gasteiger partial charge on any atom is -0.257 e. The summed E-state index contributed by atoms with van der Waals surface area (Å²) in [6.07, 6.45) is 3.37. The lowest BCUT2D eigenvalue weighted by Crippen LogP contribution is -1.84. The zero-order valence-electron chi connectivity index (χ0n) is 5.20. The molecule has 3 heteroatoms. The van der Waals surface area contributed by atoms with E-state index in [1.165, 1.54) is 0 Å². The van der Waals surface area contributed by atoms with Gasteiger partial charge in [0.25, 0.3) is 0 Å². The summed E-state index contributed by atoms with van der Waals surface area (Å²) < 4.78 is 0. The fourth-order valence-electron chi connectivity index (χ4n) is 0.555. The third-order valence-corrected chi connectivity index (χ3v) is 1.74. The van der Waals surface area contributed by atoms with Crippen LogP contribution in [0.4, 0.5) is 0 Å². The molecule has 0 radical (unpaired) electrons. The first kappa shape index (κ1) is 6.42. The number of aromatic nitrogens is 2. The Morgan fingerprint density at radius 3 is 2.56 bits per heavy atom. The quantitative estimate of drug-likeness (QED) is 0.466. The second-order valence-corrected chi connectivity index (χ2v) is 2.36. The molecule has 0 bridgehead atoms. The molecule has 9 heavy (non-hydrogen) atoms. The standard InChI is InChI=1S/C6H8N2S/c1-5-6(9-2)8-4-3-7-5/h3-4,9H,2H2,1H3. The highest BCUT2D eigenvalue weighted by Gasteiger charge is 1.90. The Labute approximate surface area is 57.9 Å². The van der Waals surface area contributed by atoms with E-state index in [4.69, 9.17) is 0 Å². The Morgan fingerprint density at radius 2 is 2.11 bits per heavy atom. The molecule has 0 aliphatic carbocycles. The molecule has 2 nitrogen and oxygen atoms in total. The lowest BCUT2D eigenvalue weighted by molar-refractivity contribution is 0.991. The number of hydrogen-bond donors (Lipinski definition) is 1. The molecule has 1 aromatic heterocycles. The fraction of sp³-hybridized carbons (Fsp3) is 0.167. The van der Waals surface area contributed by atoms with Crippen molar-refractivity contribution in [3.63, 3.8) is 0 Å². The molecule has 0 atom stereocenters. The molecule has 0 fully saturated rings. The van der Waals surface area contributed by atoms with E-state index < -0.39 is 0 Å². The second-order valence-electron chi connectivity index (χ2n) is 1.62. The number of thiol groups is 1. The van der Waals surface area contributed by atoms with Gasteiger partial charge in [-0.3, -0.25) is 4.98 Å². The molecular formula is C6H8N2S. The van der Waals surface area contributed by atoms with E-state index in [9.17, 15) is 0 Å². The first-order valence-corrected chi connectivity index (χ1v) is 3.67. The summed E-state index contributed by atoms with van der Waals surface area (Å²) in [5.41, 5.74) is 0.967. The molecule has 48 valence electrons. The summed E-state index contributed by atoms with van der Waals surface area (Å²) >= 11 is 0.939. The van der Waals surface area contributed by atoms with E-state index in [-0.39, 0.29) is 0 Å². The van der Waals surface area contributed by atoms with E-state index in [1.54, 1.807) is 12.4 Å². The van der Waals surface area contributed by atoms with Crippen LogP contribution in [0.15, 0.2) is 17.4 Å². The highest BCUT2D eigenvalue weighted by Crippen LogP contribution is 2.06. The Kier molecular flexibility index (Phi) is 1.95. The molecule has 0 spiro atoms. The van der Waals surface area contributed by atoms with Crippen molar-refractivity contribution in [1.82, 2.24) is 9.97 Å². The monoisotopic (exact) mass is 140 g/mol. The summed E-state index contributed by atoms with van der Waals surface area (Å²) in [5.74, 6) is 3.69. The highest BCUT2D eigenvalue weighted by atomic mass is 32.1. The average molecular weight is 140 g/mol. The van der Waals surface area contributed by atoms with Gasteiger partial charge in [-0.25, -0.2) is 4.98 Å². The second kappa shape index (κ2) is 2.73. The topological polar surface area (TPSA) is 25.8 Å². The highest BCUT2D eigenvalue weighted by molar-refractivity contribution is 7.96. The third kappa shape index (κ3) is 1.36. The Balaban J connectivity index is 3.15. The van der Waals surface area contributed by atoms with Crippen LogP contribution in [-0.2, 0) is 0 Å². The molecule has 0 amide bonds. The third-order valence-electron chi connectivity index (χ3n) is 1.01. The zero-order valence-corrected chi connectivity index (χ0v) is 6.10. The Bertz CT molecular complexity index is 222. The molecule has 0 saturated heterocycles. The van der Waals surface area contributed by atoms with Gasteiger partial charge in [-0.2, -0.15) is 11.4 Å². The molecule has 0 aromatic carbocycles. The van der Waals surface area contributed by atoms with Crippen LogP contribution in [0.5, 0.6) is 0 Å². The van der Waals surface area contributed by atoms with Gasteiger partial charge in [0.2, 0.25) is 0 Å². The summed E-state index contributed by atoms with van der Waals surface area (Å²) in [7, 11) is 0. The maximum atomic E-state index is 4.06. The first-order chi connectivity index (χ1) is 4.34. The number of nitrogens with zero attached hydrogens (tertiary/aromatic N) is 2. The molecular weight excluding hydrogens is 132 g/mol. The molecule has 0 aliphatic rings. The molecule has 0 saturated carbocycles. The summed E-state index contributed by atoms with van der Waals surface area (Å²) in [4.78, 5) is 8.10. The first-order valence-electron chi connectivity index (χ1n) is 2.59. The predicted molar refractivity (Wildman–Crippen MR) is 41.1 cm³/mol. The predicted octanol–water partition coefficient (Wildman–Crippen LogP) is 1.04. The number of aryl methyl sites for hydroxylation is 1. The molecule has 1 aromatic rings. The van der Waals surface area contributed by atoms with E-state index in [0.717, 1.165) is 22.1 Å². The molecule has 0 N–H and O–H groups in total. The van der Waals surface area contributed by atoms with Crippen LogP contribution in [0, 0.1) is 6.92 Å².